The molecule has 1 aromatic heterocycles. The van der Waals surface area contributed by atoms with Crippen molar-refractivity contribution in [1.82, 2.24) is 9.88 Å². The molecule has 7 heteroatoms. The van der Waals surface area contributed by atoms with Gasteiger partial charge >= 0.3 is 0 Å². The second-order valence-corrected chi connectivity index (χ2v) is 8.03. The van der Waals surface area contributed by atoms with Crippen molar-refractivity contribution in [3.8, 4) is 11.5 Å². The molecule has 1 fully saturated rings. The maximum Gasteiger partial charge on any atom is 0.226 e. The van der Waals surface area contributed by atoms with Gasteiger partial charge in [-0.2, -0.15) is 0 Å². The predicted molar refractivity (Wildman–Crippen MR) is 85.5 cm³/mol. The summed E-state index contributed by atoms with van der Waals surface area (Å²) in [5, 5.41) is 9.18. The Kier molecular flexibility index (Phi) is 4.52. The van der Waals surface area contributed by atoms with Gasteiger partial charge in [0.2, 0.25) is 5.89 Å². The number of hydrogen-bond acceptors (Lipinski definition) is 6. The lowest BCUT2D eigenvalue weighted by atomic mass is 10.1. The van der Waals surface area contributed by atoms with E-state index in [1.807, 2.05) is 0 Å². The number of aliphatic hydroxyl groups is 1. The van der Waals surface area contributed by atoms with Crippen molar-refractivity contribution in [2.24, 2.45) is 5.92 Å². The fraction of sp³-hybridized carbons (Fsp3) is 0.438. The smallest absolute Gasteiger partial charge is 0.226 e. The van der Waals surface area contributed by atoms with Gasteiger partial charge in [-0.3, -0.25) is 4.90 Å². The summed E-state index contributed by atoms with van der Waals surface area (Å²) in [6.07, 6.45) is 3.82. The van der Waals surface area contributed by atoms with Crippen molar-refractivity contribution in [2.75, 3.05) is 26.0 Å². The summed E-state index contributed by atoms with van der Waals surface area (Å²) < 4.78 is 28.4. The van der Waals surface area contributed by atoms with Crippen LogP contribution in [0.2, 0.25) is 0 Å². The number of aromatic nitrogens is 1. The van der Waals surface area contributed by atoms with Gasteiger partial charge in [0.25, 0.3) is 0 Å². The van der Waals surface area contributed by atoms with Crippen LogP contribution in [0, 0.1) is 5.92 Å². The number of likely N-dealkylation sites (tertiary alicyclic amines) is 1. The minimum Gasteiger partial charge on any atom is -0.444 e. The third-order valence-corrected chi connectivity index (χ3v) is 5.22. The van der Waals surface area contributed by atoms with Crippen molar-refractivity contribution in [3.63, 3.8) is 0 Å². The van der Waals surface area contributed by atoms with Crippen LogP contribution >= 0.6 is 0 Å². The van der Waals surface area contributed by atoms with Gasteiger partial charge in [-0.05, 0) is 43.1 Å². The van der Waals surface area contributed by atoms with Gasteiger partial charge in [-0.1, -0.05) is 0 Å². The summed E-state index contributed by atoms with van der Waals surface area (Å²) in [7, 11) is -3.20. The SMILES string of the molecule is CS(=O)(=O)c1ccc(-c2nc(CN3CCC(CO)C3)co2)cc1. The summed E-state index contributed by atoms with van der Waals surface area (Å²) in [6.45, 7) is 2.76. The average Bonchev–Trinajstić information content (AvgIpc) is 3.16. The quantitative estimate of drug-likeness (QED) is 0.892. The lowest BCUT2D eigenvalue weighted by Gasteiger charge is -2.12. The third-order valence-electron chi connectivity index (χ3n) is 4.09. The van der Waals surface area contributed by atoms with Gasteiger partial charge in [-0.15, -0.1) is 0 Å². The number of benzene rings is 1. The molecule has 23 heavy (non-hydrogen) atoms. The number of aliphatic hydroxyl groups excluding tert-OH is 1. The number of rotatable bonds is 5. The van der Waals surface area contributed by atoms with E-state index in [1.54, 1.807) is 30.5 Å². The lowest BCUT2D eigenvalue weighted by Crippen LogP contribution is -2.21. The van der Waals surface area contributed by atoms with Crippen molar-refractivity contribution in [1.29, 1.82) is 0 Å². The molecule has 0 bridgehead atoms. The Morgan fingerprint density at radius 1 is 1.35 bits per heavy atom. The van der Waals surface area contributed by atoms with Crippen molar-refractivity contribution < 1.29 is 17.9 Å². The van der Waals surface area contributed by atoms with Crippen LogP contribution < -0.4 is 0 Å². The van der Waals surface area contributed by atoms with Gasteiger partial charge in [0, 0.05) is 31.5 Å². The molecule has 0 spiro atoms. The van der Waals surface area contributed by atoms with Crippen molar-refractivity contribution in [2.45, 2.75) is 17.9 Å². The number of nitrogens with zero attached hydrogens (tertiary/aromatic N) is 2. The Labute approximate surface area is 135 Å². The maximum atomic E-state index is 11.5. The van der Waals surface area contributed by atoms with E-state index in [0.29, 0.717) is 18.4 Å². The van der Waals surface area contributed by atoms with Crippen LogP contribution in [0.3, 0.4) is 0 Å². The van der Waals surface area contributed by atoms with Crippen LogP contribution in [0.25, 0.3) is 11.5 Å². The fourth-order valence-corrected chi connectivity index (χ4v) is 3.42. The second-order valence-electron chi connectivity index (χ2n) is 6.01. The molecule has 2 aromatic rings. The van der Waals surface area contributed by atoms with Crippen LogP contribution in [0.15, 0.2) is 39.8 Å². The second kappa shape index (κ2) is 6.43. The molecule has 1 saturated heterocycles. The molecule has 0 radical (unpaired) electrons. The normalized spacial score (nSPS) is 19.3. The minimum absolute atomic E-state index is 0.229. The zero-order valence-corrected chi connectivity index (χ0v) is 13.8. The summed E-state index contributed by atoms with van der Waals surface area (Å²) >= 11 is 0. The molecule has 1 aromatic carbocycles. The minimum atomic E-state index is -3.20. The van der Waals surface area contributed by atoms with Crippen LogP contribution in [0.4, 0.5) is 0 Å². The molecule has 1 unspecified atom stereocenters. The first-order valence-corrected chi connectivity index (χ1v) is 9.43. The van der Waals surface area contributed by atoms with Gasteiger partial charge in [-0.25, -0.2) is 13.4 Å². The maximum absolute atomic E-state index is 11.5. The van der Waals surface area contributed by atoms with E-state index in [-0.39, 0.29) is 11.5 Å². The summed E-state index contributed by atoms with van der Waals surface area (Å²) in [5.41, 5.74) is 1.59. The van der Waals surface area contributed by atoms with Crippen LogP contribution in [0.5, 0.6) is 0 Å². The van der Waals surface area contributed by atoms with E-state index in [4.69, 9.17) is 4.42 Å². The summed E-state index contributed by atoms with van der Waals surface area (Å²) in [5.74, 6) is 0.836. The van der Waals surface area contributed by atoms with Gasteiger partial charge in [0.05, 0.1) is 10.6 Å². The predicted octanol–water partition coefficient (Wildman–Crippen LogP) is 1.56. The molecule has 1 aliphatic rings. The Hall–Kier alpha value is -1.70. The Morgan fingerprint density at radius 2 is 2.09 bits per heavy atom. The summed E-state index contributed by atoms with van der Waals surface area (Å²) in [6, 6.07) is 6.51. The molecule has 3 rings (SSSR count). The van der Waals surface area contributed by atoms with Crippen molar-refractivity contribution in [3.05, 3.63) is 36.2 Å². The van der Waals surface area contributed by atoms with E-state index >= 15 is 0 Å². The zero-order chi connectivity index (χ0) is 16.4. The molecule has 0 amide bonds. The number of hydrogen-bond donors (Lipinski definition) is 1. The van der Waals surface area contributed by atoms with E-state index in [1.165, 1.54) is 6.26 Å². The Bertz CT molecular complexity index is 768. The Balaban J connectivity index is 1.69. The van der Waals surface area contributed by atoms with Gasteiger partial charge < -0.3 is 9.52 Å². The fourth-order valence-electron chi connectivity index (χ4n) is 2.79. The molecule has 124 valence electrons. The number of sulfone groups is 1. The van der Waals surface area contributed by atoms with Gasteiger partial charge in [0.1, 0.15) is 6.26 Å². The molecule has 1 N–H and O–H groups in total. The van der Waals surface area contributed by atoms with Crippen LogP contribution in [0.1, 0.15) is 12.1 Å². The topological polar surface area (TPSA) is 83.6 Å². The van der Waals surface area contributed by atoms with Crippen LogP contribution in [-0.2, 0) is 16.4 Å². The molecule has 0 aliphatic carbocycles. The number of oxazole rings is 1. The first-order valence-electron chi connectivity index (χ1n) is 7.54. The monoisotopic (exact) mass is 336 g/mol. The molecule has 1 atom stereocenters. The highest BCUT2D eigenvalue weighted by Crippen LogP contribution is 2.23. The molecular formula is C16H20N2O4S. The van der Waals surface area contributed by atoms with E-state index < -0.39 is 9.84 Å². The highest BCUT2D eigenvalue weighted by molar-refractivity contribution is 7.90. The standard InChI is InChI=1S/C16H20N2O4S/c1-23(20,21)15-4-2-13(3-5-15)16-17-14(11-22-16)9-18-7-6-12(8-18)10-19/h2-5,11-12,19H,6-10H2,1H3. The van der Waals surface area contributed by atoms with Crippen molar-refractivity contribution >= 4 is 9.84 Å². The largest absolute Gasteiger partial charge is 0.444 e. The molecular weight excluding hydrogens is 316 g/mol. The van der Waals surface area contributed by atoms with E-state index in [2.05, 4.69) is 9.88 Å². The Morgan fingerprint density at radius 3 is 2.70 bits per heavy atom. The highest BCUT2D eigenvalue weighted by atomic mass is 32.2. The highest BCUT2D eigenvalue weighted by Gasteiger charge is 2.22. The molecule has 6 nitrogen and oxygen atoms in total. The first-order chi connectivity index (χ1) is 11.0. The molecule has 1 aliphatic heterocycles. The zero-order valence-electron chi connectivity index (χ0n) is 13.0. The lowest BCUT2D eigenvalue weighted by molar-refractivity contribution is 0.219. The molecule has 2 heterocycles. The van der Waals surface area contributed by atoms with Gasteiger partial charge in [0.15, 0.2) is 9.84 Å². The molecule has 0 saturated carbocycles. The van der Waals surface area contributed by atoms with E-state index in [9.17, 15) is 13.5 Å². The third kappa shape index (κ3) is 3.80. The van der Waals surface area contributed by atoms with Crippen LogP contribution in [-0.4, -0.2) is 49.4 Å². The first kappa shape index (κ1) is 16.2. The summed E-state index contributed by atoms with van der Waals surface area (Å²) in [4.78, 5) is 6.99. The van der Waals surface area contributed by atoms with E-state index in [0.717, 1.165) is 30.8 Å². The average molecular weight is 336 g/mol.